The van der Waals surface area contributed by atoms with Crippen molar-refractivity contribution in [3.63, 3.8) is 0 Å². The average molecular weight is 297 g/mol. The van der Waals surface area contributed by atoms with E-state index in [-0.39, 0.29) is 11.8 Å². The second kappa shape index (κ2) is 5.69. The van der Waals surface area contributed by atoms with Crippen molar-refractivity contribution in [2.45, 2.75) is 6.04 Å². The molecule has 2 aromatic rings. The van der Waals surface area contributed by atoms with E-state index >= 15 is 0 Å². The Balaban J connectivity index is 2.15. The van der Waals surface area contributed by atoms with Crippen LogP contribution in [-0.2, 0) is 0 Å². The molecule has 1 atom stereocenters. The van der Waals surface area contributed by atoms with Crippen LogP contribution in [0.2, 0.25) is 0 Å². The van der Waals surface area contributed by atoms with Gasteiger partial charge in [-0.15, -0.1) is 0 Å². The Bertz CT molecular complexity index is 728. The van der Waals surface area contributed by atoms with Crippen LogP contribution >= 0.6 is 0 Å². The van der Waals surface area contributed by atoms with Crippen LogP contribution < -0.4 is 10.5 Å². The minimum atomic E-state index is -0.0961. The Hall–Kier alpha value is -2.53. The van der Waals surface area contributed by atoms with Gasteiger partial charge in [0.15, 0.2) is 0 Å². The van der Waals surface area contributed by atoms with Gasteiger partial charge in [0.25, 0.3) is 0 Å². The maximum absolute atomic E-state index is 10.4. The first kappa shape index (κ1) is 14.4. The highest BCUT2D eigenvalue weighted by molar-refractivity contribution is 5.67. The van der Waals surface area contributed by atoms with Gasteiger partial charge in [-0.2, -0.15) is 0 Å². The van der Waals surface area contributed by atoms with Gasteiger partial charge in [-0.25, -0.2) is 0 Å². The summed E-state index contributed by atoms with van der Waals surface area (Å²) in [5.74, 6) is 0.838. The van der Waals surface area contributed by atoms with Gasteiger partial charge >= 0.3 is 0 Å². The van der Waals surface area contributed by atoms with Crippen LogP contribution in [0.5, 0.6) is 11.5 Å². The van der Waals surface area contributed by atoms with Gasteiger partial charge in [0.05, 0.1) is 13.2 Å². The number of nitrogens with two attached hydrogens (primary N) is 1. The summed E-state index contributed by atoms with van der Waals surface area (Å²) in [6.07, 6.45) is 5.49. The molecule has 1 aliphatic rings. The van der Waals surface area contributed by atoms with Crippen molar-refractivity contribution in [2.24, 2.45) is 5.73 Å². The zero-order valence-corrected chi connectivity index (χ0v) is 12.7. The fourth-order valence-corrected chi connectivity index (χ4v) is 2.87. The van der Waals surface area contributed by atoms with Crippen molar-refractivity contribution in [3.8, 4) is 11.5 Å². The summed E-state index contributed by atoms with van der Waals surface area (Å²) in [5.41, 5.74) is 9.62. The lowest BCUT2D eigenvalue weighted by atomic mass is 9.94. The van der Waals surface area contributed by atoms with Crippen LogP contribution in [0, 0.1) is 0 Å². The van der Waals surface area contributed by atoms with Crippen LogP contribution in [0.4, 0.5) is 0 Å². The fraction of sp³-hybridized carbons (Fsp3) is 0.235. The van der Waals surface area contributed by atoms with Gasteiger partial charge in [0.2, 0.25) is 0 Å². The van der Waals surface area contributed by atoms with Crippen molar-refractivity contribution < 1.29 is 9.84 Å². The lowest BCUT2D eigenvalue weighted by molar-refractivity contribution is 0.302. The largest absolute Gasteiger partial charge is 0.507 e. The molecule has 1 aromatic heterocycles. The van der Waals surface area contributed by atoms with Gasteiger partial charge < -0.3 is 15.6 Å². The van der Waals surface area contributed by atoms with Crippen LogP contribution in [0.25, 0.3) is 5.70 Å². The number of pyridine rings is 1. The van der Waals surface area contributed by atoms with Crippen molar-refractivity contribution >= 4 is 5.70 Å². The van der Waals surface area contributed by atoms with E-state index in [1.54, 1.807) is 25.6 Å². The van der Waals surface area contributed by atoms with Crippen molar-refractivity contribution in [1.29, 1.82) is 0 Å². The standard InChI is InChI=1S/C17H19N3O2/c1-20-8-6-15(18)14-10-19-7-5-12(14)17(20)13-4-3-11(22-2)9-16(13)21/h3-7,9-10,17,21H,8,18H2,1-2H3. The van der Waals surface area contributed by atoms with Gasteiger partial charge in [-0.05, 0) is 36.9 Å². The molecule has 0 amide bonds. The zero-order chi connectivity index (χ0) is 15.7. The average Bonchev–Trinajstić information content (AvgIpc) is 2.66. The molecule has 0 radical (unpaired) electrons. The number of hydrogen-bond donors (Lipinski definition) is 2. The van der Waals surface area contributed by atoms with Gasteiger partial charge in [0.1, 0.15) is 11.5 Å². The van der Waals surface area contributed by atoms with E-state index in [0.717, 1.165) is 16.7 Å². The molecule has 0 saturated heterocycles. The molecule has 0 aliphatic carbocycles. The third-order valence-corrected chi connectivity index (χ3v) is 4.03. The number of benzene rings is 1. The molecule has 3 rings (SSSR count). The topological polar surface area (TPSA) is 71.6 Å². The number of hydrogen-bond acceptors (Lipinski definition) is 5. The van der Waals surface area contributed by atoms with Crippen LogP contribution in [-0.4, -0.2) is 35.7 Å². The van der Waals surface area contributed by atoms with E-state index in [4.69, 9.17) is 10.5 Å². The molecule has 1 aromatic carbocycles. The molecule has 22 heavy (non-hydrogen) atoms. The molecule has 1 aliphatic heterocycles. The Labute approximate surface area is 129 Å². The molecule has 0 fully saturated rings. The van der Waals surface area contributed by atoms with E-state index in [2.05, 4.69) is 9.88 Å². The number of nitrogens with zero attached hydrogens (tertiary/aromatic N) is 2. The maximum Gasteiger partial charge on any atom is 0.124 e. The number of ether oxygens (including phenoxy) is 1. The summed E-state index contributed by atoms with van der Waals surface area (Å²) in [6.45, 7) is 0.691. The summed E-state index contributed by atoms with van der Waals surface area (Å²) in [7, 11) is 3.59. The number of aromatic nitrogens is 1. The van der Waals surface area contributed by atoms with Crippen LogP contribution in [0.1, 0.15) is 22.7 Å². The predicted molar refractivity (Wildman–Crippen MR) is 85.5 cm³/mol. The number of phenols is 1. The first-order valence-electron chi connectivity index (χ1n) is 7.09. The Morgan fingerprint density at radius 1 is 1.32 bits per heavy atom. The van der Waals surface area contributed by atoms with Gasteiger partial charge in [-0.1, -0.05) is 0 Å². The number of methoxy groups -OCH3 is 1. The number of rotatable bonds is 2. The number of phenolic OH excluding ortho intramolecular Hbond substituents is 1. The summed E-state index contributed by atoms with van der Waals surface area (Å²) < 4.78 is 5.16. The number of likely N-dealkylation sites (N-methyl/N-ethyl adjacent to an activating group) is 1. The minimum absolute atomic E-state index is 0.0961. The summed E-state index contributed by atoms with van der Waals surface area (Å²) in [6, 6.07) is 7.23. The van der Waals surface area contributed by atoms with Crippen LogP contribution in [0.3, 0.4) is 0 Å². The molecular weight excluding hydrogens is 278 g/mol. The van der Waals surface area contributed by atoms with E-state index in [0.29, 0.717) is 18.0 Å². The van der Waals surface area contributed by atoms with Crippen molar-refractivity contribution in [1.82, 2.24) is 9.88 Å². The fourth-order valence-electron chi connectivity index (χ4n) is 2.87. The molecule has 3 N–H and O–H groups in total. The van der Waals surface area contributed by atoms with Gasteiger partial charge in [-0.3, -0.25) is 9.88 Å². The second-order valence-electron chi connectivity index (χ2n) is 5.39. The Morgan fingerprint density at radius 3 is 2.86 bits per heavy atom. The quantitative estimate of drug-likeness (QED) is 0.888. The molecule has 1 unspecified atom stereocenters. The highest BCUT2D eigenvalue weighted by Crippen LogP contribution is 2.38. The summed E-state index contributed by atoms with van der Waals surface area (Å²) in [4.78, 5) is 6.31. The first-order valence-corrected chi connectivity index (χ1v) is 7.09. The van der Waals surface area contributed by atoms with Crippen molar-refractivity contribution in [3.05, 3.63) is 59.4 Å². The zero-order valence-electron chi connectivity index (χ0n) is 12.7. The highest BCUT2D eigenvalue weighted by atomic mass is 16.5. The lowest BCUT2D eigenvalue weighted by Crippen LogP contribution is -2.25. The maximum atomic E-state index is 10.4. The number of fused-ring (bicyclic) bond motifs is 1. The van der Waals surface area contributed by atoms with E-state index in [1.807, 2.05) is 31.3 Å². The SMILES string of the molecule is COc1ccc(C2c3ccncc3C(N)=CCN2C)c(O)c1. The Morgan fingerprint density at radius 2 is 2.14 bits per heavy atom. The van der Waals surface area contributed by atoms with E-state index < -0.39 is 0 Å². The first-order chi connectivity index (χ1) is 10.6. The Kier molecular flexibility index (Phi) is 3.73. The third kappa shape index (κ3) is 2.40. The molecule has 2 heterocycles. The monoisotopic (exact) mass is 297 g/mol. The molecule has 5 nitrogen and oxygen atoms in total. The normalized spacial score (nSPS) is 18.3. The molecule has 0 spiro atoms. The third-order valence-electron chi connectivity index (χ3n) is 4.03. The number of aromatic hydroxyl groups is 1. The highest BCUT2D eigenvalue weighted by Gasteiger charge is 2.27. The lowest BCUT2D eigenvalue weighted by Gasteiger charge is -2.28. The molecule has 0 saturated carbocycles. The predicted octanol–water partition coefficient (Wildman–Crippen LogP) is 2.13. The smallest absolute Gasteiger partial charge is 0.124 e. The minimum Gasteiger partial charge on any atom is -0.507 e. The van der Waals surface area contributed by atoms with Crippen LogP contribution in [0.15, 0.2) is 42.7 Å². The molecule has 5 heteroatoms. The molecular formula is C17H19N3O2. The molecule has 114 valence electrons. The summed E-state index contributed by atoms with van der Waals surface area (Å²) >= 11 is 0. The van der Waals surface area contributed by atoms with Crippen molar-refractivity contribution in [2.75, 3.05) is 20.7 Å². The van der Waals surface area contributed by atoms with Gasteiger partial charge in [0, 0.05) is 41.8 Å². The second-order valence-corrected chi connectivity index (χ2v) is 5.39. The van der Waals surface area contributed by atoms with E-state index in [1.165, 1.54) is 0 Å². The van der Waals surface area contributed by atoms with E-state index in [9.17, 15) is 5.11 Å². The summed E-state index contributed by atoms with van der Waals surface area (Å²) in [5, 5.41) is 10.4. The molecule has 0 bridgehead atoms.